The van der Waals surface area contributed by atoms with Gasteiger partial charge in [0.15, 0.2) is 0 Å². The Morgan fingerprint density at radius 3 is 1.68 bits per heavy atom. The summed E-state index contributed by atoms with van der Waals surface area (Å²) in [7, 11) is 0. The van der Waals surface area contributed by atoms with E-state index >= 15 is 0 Å². The largest absolute Gasteiger partial charge is 0.481 e. The van der Waals surface area contributed by atoms with Crippen LogP contribution in [0.5, 0.6) is 0 Å². The van der Waals surface area contributed by atoms with E-state index in [1.54, 1.807) is 0 Å². The lowest BCUT2D eigenvalue weighted by Gasteiger charge is -2.24. The van der Waals surface area contributed by atoms with Crippen molar-refractivity contribution in [3.05, 3.63) is 0 Å². The lowest BCUT2D eigenvalue weighted by Crippen LogP contribution is -2.57. The van der Waals surface area contributed by atoms with E-state index in [0.29, 0.717) is 19.4 Å². The molecule has 0 rings (SSSR count). The number of hydrogen-bond donors (Lipinski definition) is 9. The Morgan fingerprint density at radius 1 is 0.735 bits per heavy atom. The van der Waals surface area contributed by atoms with Gasteiger partial charge in [-0.25, -0.2) is 4.79 Å². The van der Waals surface area contributed by atoms with Crippen LogP contribution in [0.3, 0.4) is 0 Å². The number of hydrogen-bond acceptors (Lipinski definition) is 9. The molecule has 0 aromatic carbocycles. The second-order valence-corrected chi connectivity index (χ2v) is 7.53. The Morgan fingerprint density at radius 2 is 1.24 bits per heavy atom. The van der Waals surface area contributed by atoms with E-state index in [1.165, 1.54) is 0 Å². The molecule has 0 saturated heterocycles. The summed E-state index contributed by atoms with van der Waals surface area (Å²) in [6, 6.07) is -5.51. The number of carbonyl (C=O) groups is 6. The highest BCUT2D eigenvalue weighted by Crippen LogP contribution is 2.06. The minimum atomic E-state index is -1.44. The summed E-state index contributed by atoms with van der Waals surface area (Å²) in [5.74, 6) is -6.17. The third kappa shape index (κ3) is 12.7. The van der Waals surface area contributed by atoms with Crippen molar-refractivity contribution < 1.29 is 44.1 Å². The number of unbranched alkanes of at least 4 members (excludes halogenated alkanes) is 1. The quantitative estimate of drug-likeness (QED) is 0.0837. The van der Waals surface area contributed by atoms with Gasteiger partial charge in [0.05, 0.1) is 6.61 Å². The van der Waals surface area contributed by atoms with E-state index in [0.717, 1.165) is 0 Å². The Balaban J connectivity index is 5.53. The summed E-state index contributed by atoms with van der Waals surface area (Å²) in [4.78, 5) is 71.0. The van der Waals surface area contributed by atoms with Gasteiger partial charge in [0.2, 0.25) is 23.6 Å². The highest BCUT2D eigenvalue weighted by atomic mass is 16.4. The molecule has 15 nitrogen and oxygen atoms in total. The maximum atomic E-state index is 12.7. The molecule has 0 aliphatic carbocycles. The number of rotatable bonds is 18. The number of aliphatic hydroxyl groups is 1. The summed E-state index contributed by atoms with van der Waals surface area (Å²) < 4.78 is 0. The van der Waals surface area contributed by atoms with Gasteiger partial charge >= 0.3 is 11.9 Å². The van der Waals surface area contributed by atoms with Crippen LogP contribution in [0.15, 0.2) is 0 Å². The van der Waals surface area contributed by atoms with E-state index in [4.69, 9.17) is 27.4 Å². The van der Waals surface area contributed by atoms with Crippen molar-refractivity contribution in [1.82, 2.24) is 16.0 Å². The first kappa shape index (κ1) is 30.7. The molecule has 34 heavy (non-hydrogen) atoms. The molecule has 0 bridgehead atoms. The van der Waals surface area contributed by atoms with Crippen molar-refractivity contribution in [2.75, 3.05) is 13.2 Å². The monoisotopic (exact) mass is 490 g/mol. The number of carbonyl (C=O) groups excluding carboxylic acids is 4. The number of nitrogens with two attached hydrogens (primary N) is 3. The Hall–Kier alpha value is -3.30. The van der Waals surface area contributed by atoms with Crippen LogP contribution in [-0.4, -0.2) is 88.2 Å². The fourth-order valence-corrected chi connectivity index (χ4v) is 2.75. The van der Waals surface area contributed by atoms with Gasteiger partial charge in [-0.05, 0) is 38.6 Å². The van der Waals surface area contributed by atoms with Crippen LogP contribution in [0, 0.1) is 0 Å². The van der Waals surface area contributed by atoms with Crippen LogP contribution in [0.25, 0.3) is 0 Å². The number of aliphatic carboxylic acids is 2. The van der Waals surface area contributed by atoms with E-state index in [1.807, 2.05) is 0 Å². The van der Waals surface area contributed by atoms with Crippen LogP contribution in [0.4, 0.5) is 0 Å². The van der Waals surface area contributed by atoms with Crippen molar-refractivity contribution in [1.29, 1.82) is 0 Å². The van der Waals surface area contributed by atoms with Crippen molar-refractivity contribution in [2.45, 2.75) is 69.1 Å². The van der Waals surface area contributed by atoms with Gasteiger partial charge in [0.25, 0.3) is 0 Å². The average Bonchev–Trinajstić information content (AvgIpc) is 2.77. The van der Waals surface area contributed by atoms with Gasteiger partial charge in [0, 0.05) is 12.8 Å². The summed E-state index contributed by atoms with van der Waals surface area (Å²) in [6.45, 7) is -0.398. The van der Waals surface area contributed by atoms with Gasteiger partial charge in [0.1, 0.15) is 24.2 Å². The summed E-state index contributed by atoms with van der Waals surface area (Å²) in [6.07, 6.45) is -0.476. The zero-order chi connectivity index (χ0) is 26.3. The Labute approximate surface area is 195 Å². The van der Waals surface area contributed by atoms with Crippen molar-refractivity contribution in [3.63, 3.8) is 0 Å². The molecule has 0 aromatic heterocycles. The SMILES string of the molecule is NCCCCC(NC(=O)C(CCC(N)=O)NC(=O)C(CCC(=O)O)NC(=O)C(N)CO)C(=O)O. The summed E-state index contributed by atoms with van der Waals surface area (Å²) in [5.41, 5.74) is 15.9. The van der Waals surface area contributed by atoms with Gasteiger partial charge in [-0.1, -0.05) is 0 Å². The maximum Gasteiger partial charge on any atom is 0.326 e. The predicted octanol–water partition coefficient (Wildman–Crippen LogP) is -3.90. The first-order valence-electron chi connectivity index (χ1n) is 10.6. The standard InChI is InChI=1S/C19H34N6O9/c20-8-2-1-3-13(19(33)34)25-18(32)11(4-6-14(22)27)24-17(31)12(5-7-15(28)29)23-16(30)10(21)9-26/h10-13,26H,1-9,20-21H2,(H2,22,27)(H,23,30)(H,24,31)(H,25,32)(H,28,29)(H,33,34). The van der Waals surface area contributed by atoms with Crippen LogP contribution >= 0.6 is 0 Å². The lowest BCUT2D eigenvalue weighted by atomic mass is 10.1. The Bertz CT molecular complexity index is 733. The van der Waals surface area contributed by atoms with Gasteiger partial charge in [-0.2, -0.15) is 0 Å². The molecule has 4 unspecified atom stereocenters. The van der Waals surface area contributed by atoms with E-state index in [2.05, 4.69) is 16.0 Å². The predicted molar refractivity (Wildman–Crippen MR) is 117 cm³/mol. The normalized spacial score (nSPS) is 14.2. The van der Waals surface area contributed by atoms with E-state index in [-0.39, 0.29) is 25.7 Å². The molecule has 0 aliphatic rings. The molecular weight excluding hydrogens is 456 g/mol. The third-order valence-electron chi connectivity index (χ3n) is 4.69. The highest BCUT2D eigenvalue weighted by molar-refractivity contribution is 5.94. The van der Waals surface area contributed by atoms with E-state index in [9.17, 15) is 33.9 Å². The molecular formula is C19H34N6O9. The molecule has 0 radical (unpaired) electrons. The zero-order valence-electron chi connectivity index (χ0n) is 18.7. The lowest BCUT2D eigenvalue weighted by molar-refractivity contribution is -0.142. The average molecular weight is 491 g/mol. The first-order valence-corrected chi connectivity index (χ1v) is 10.6. The van der Waals surface area contributed by atoms with Crippen molar-refractivity contribution in [2.24, 2.45) is 17.2 Å². The minimum absolute atomic E-state index is 0.0745. The van der Waals surface area contributed by atoms with Gasteiger partial charge in [-0.3, -0.25) is 24.0 Å². The van der Waals surface area contributed by atoms with Crippen LogP contribution in [-0.2, 0) is 28.8 Å². The molecule has 12 N–H and O–H groups in total. The molecule has 0 saturated carbocycles. The fourth-order valence-electron chi connectivity index (χ4n) is 2.75. The second kappa shape index (κ2) is 16.3. The highest BCUT2D eigenvalue weighted by Gasteiger charge is 2.30. The second-order valence-electron chi connectivity index (χ2n) is 7.53. The number of carboxylic acids is 2. The number of amides is 4. The number of primary amides is 1. The van der Waals surface area contributed by atoms with Crippen LogP contribution < -0.4 is 33.2 Å². The minimum Gasteiger partial charge on any atom is -0.481 e. The molecule has 0 aliphatic heterocycles. The molecule has 4 atom stereocenters. The summed E-state index contributed by atoms with van der Waals surface area (Å²) in [5, 5.41) is 34.0. The molecule has 0 heterocycles. The zero-order valence-corrected chi connectivity index (χ0v) is 18.7. The molecule has 4 amide bonds. The third-order valence-corrected chi connectivity index (χ3v) is 4.69. The molecule has 194 valence electrons. The molecule has 0 aromatic rings. The Kier molecular flexibility index (Phi) is 14.7. The van der Waals surface area contributed by atoms with E-state index < -0.39 is 72.8 Å². The van der Waals surface area contributed by atoms with Crippen molar-refractivity contribution in [3.8, 4) is 0 Å². The topological polar surface area (TPSA) is 277 Å². The number of nitrogens with one attached hydrogen (secondary N) is 3. The molecule has 15 heteroatoms. The smallest absolute Gasteiger partial charge is 0.326 e. The molecule has 0 spiro atoms. The van der Waals surface area contributed by atoms with Crippen LogP contribution in [0.1, 0.15) is 44.9 Å². The summed E-state index contributed by atoms with van der Waals surface area (Å²) >= 11 is 0. The van der Waals surface area contributed by atoms with Gasteiger partial charge in [-0.15, -0.1) is 0 Å². The molecule has 0 fully saturated rings. The maximum absolute atomic E-state index is 12.7. The first-order chi connectivity index (χ1) is 15.9. The van der Waals surface area contributed by atoms with Crippen LogP contribution in [0.2, 0.25) is 0 Å². The van der Waals surface area contributed by atoms with Gasteiger partial charge < -0.3 is 48.5 Å². The number of carboxylic acid groups (broad SMARTS) is 2. The number of aliphatic hydroxyl groups excluding tert-OH is 1. The fraction of sp³-hybridized carbons (Fsp3) is 0.684. The van der Waals surface area contributed by atoms with Crippen molar-refractivity contribution >= 4 is 35.6 Å².